The second-order valence-electron chi connectivity index (χ2n) is 5.43. The Labute approximate surface area is 154 Å². The van der Waals surface area contributed by atoms with Gasteiger partial charge in [-0.25, -0.2) is 8.42 Å². The van der Waals surface area contributed by atoms with E-state index in [1.807, 2.05) is 30.3 Å². The van der Waals surface area contributed by atoms with Gasteiger partial charge in [-0.05, 0) is 48.5 Å². The van der Waals surface area contributed by atoms with Crippen molar-refractivity contribution in [2.24, 2.45) is 0 Å². The van der Waals surface area contributed by atoms with Crippen LogP contribution < -0.4 is 9.46 Å². The fourth-order valence-corrected chi connectivity index (χ4v) is 4.02. The number of nitrogens with one attached hydrogen (secondary N) is 1. The number of sulfonamides is 1. The normalized spacial score (nSPS) is 11.4. The van der Waals surface area contributed by atoms with Crippen LogP contribution in [0.15, 0.2) is 77.7 Å². The van der Waals surface area contributed by atoms with E-state index < -0.39 is 10.0 Å². The minimum absolute atomic E-state index is 0.137. The number of benzene rings is 3. The molecule has 0 aliphatic heterocycles. The number of para-hydroxylation sites is 1. The standard InChI is InChI=1S/C18H13N3O3S2/c22-26(23,21-17-8-4-7-16-18(17)20-25-19-16)15-11-9-14(10-12-15)24-13-5-2-1-3-6-13/h1-12,21H. The van der Waals surface area contributed by atoms with Crippen molar-refractivity contribution in [2.45, 2.75) is 4.90 Å². The van der Waals surface area contributed by atoms with Crippen LogP contribution in [-0.4, -0.2) is 17.2 Å². The van der Waals surface area contributed by atoms with Gasteiger partial charge in [-0.1, -0.05) is 24.3 Å². The zero-order chi connectivity index (χ0) is 18.0. The average molecular weight is 383 g/mol. The highest BCUT2D eigenvalue weighted by molar-refractivity contribution is 7.92. The molecular formula is C18H13N3O3S2. The third kappa shape index (κ3) is 3.37. The van der Waals surface area contributed by atoms with Crippen molar-refractivity contribution in [3.63, 3.8) is 0 Å². The SMILES string of the molecule is O=S(=O)(Nc1cccc2nsnc12)c1ccc(Oc2ccccc2)cc1. The molecule has 0 spiro atoms. The third-order valence-corrected chi connectivity index (χ3v) is 5.57. The second kappa shape index (κ2) is 6.74. The Hall–Kier alpha value is -2.97. The lowest BCUT2D eigenvalue weighted by Crippen LogP contribution is -2.13. The van der Waals surface area contributed by atoms with Crippen LogP contribution in [0.4, 0.5) is 5.69 Å². The second-order valence-corrected chi connectivity index (χ2v) is 7.64. The van der Waals surface area contributed by atoms with E-state index in [4.69, 9.17) is 4.74 Å². The summed E-state index contributed by atoms with van der Waals surface area (Å²) in [5.74, 6) is 1.24. The van der Waals surface area contributed by atoms with Crippen LogP contribution in [0.2, 0.25) is 0 Å². The van der Waals surface area contributed by atoms with Crippen molar-refractivity contribution in [2.75, 3.05) is 4.72 Å². The van der Waals surface area contributed by atoms with Gasteiger partial charge in [0.2, 0.25) is 0 Å². The Bertz CT molecular complexity index is 1140. The Morgan fingerprint density at radius 2 is 1.54 bits per heavy atom. The number of hydrogen-bond donors (Lipinski definition) is 1. The van der Waals surface area contributed by atoms with Crippen molar-refractivity contribution in [3.8, 4) is 11.5 Å². The largest absolute Gasteiger partial charge is 0.457 e. The number of aromatic nitrogens is 2. The molecule has 26 heavy (non-hydrogen) atoms. The summed E-state index contributed by atoms with van der Waals surface area (Å²) in [5, 5.41) is 0. The Morgan fingerprint density at radius 1 is 0.808 bits per heavy atom. The maximum absolute atomic E-state index is 12.6. The zero-order valence-corrected chi connectivity index (χ0v) is 15.0. The number of anilines is 1. The molecule has 1 heterocycles. The molecule has 4 aromatic rings. The quantitative estimate of drug-likeness (QED) is 0.556. The lowest BCUT2D eigenvalue weighted by molar-refractivity contribution is 0.482. The lowest BCUT2D eigenvalue weighted by Gasteiger charge is -2.10. The molecule has 0 saturated heterocycles. The summed E-state index contributed by atoms with van der Waals surface area (Å²) in [6.45, 7) is 0. The van der Waals surface area contributed by atoms with Crippen LogP contribution in [0.5, 0.6) is 11.5 Å². The topological polar surface area (TPSA) is 81.2 Å². The van der Waals surface area contributed by atoms with Gasteiger partial charge in [0.05, 0.1) is 22.3 Å². The Kier molecular flexibility index (Phi) is 4.27. The molecule has 6 nitrogen and oxygen atoms in total. The van der Waals surface area contributed by atoms with E-state index >= 15 is 0 Å². The van der Waals surface area contributed by atoms with Crippen LogP contribution in [0.25, 0.3) is 11.0 Å². The molecule has 3 aromatic carbocycles. The van der Waals surface area contributed by atoms with Crippen LogP contribution in [0, 0.1) is 0 Å². The lowest BCUT2D eigenvalue weighted by atomic mass is 10.3. The minimum Gasteiger partial charge on any atom is -0.457 e. The summed E-state index contributed by atoms with van der Waals surface area (Å²) >= 11 is 1.04. The van der Waals surface area contributed by atoms with Gasteiger partial charge in [-0.15, -0.1) is 0 Å². The number of nitrogens with zero attached hydrogens (tertiary/aromatic N) is 2. The summed E-state index contributed by atoms with van der Waals surface area (Å²) in [7, 11) is -3.74. The predicted octanol–water partition coefficient (Wildman–Crippen LogP) is 4.28. The molecule has 0 amide bonds. The monoisotopic (exact) mass is 383 g/mol. The van der Waals surface area contributed by atoms with Crippen molar-refractivity contribution in [1.82, 2.24) is 8.75 Å². The summed E-state index contributed by atoms with van der Waals surface area (Å²) in [5.41, 5.74) is 1.59. The first kappa shape index (κ1) is 16.5. The number of ether oxygens (including phenoxy) is 1. The van der Waals surface area contributed by atoms with Crippen molar-refractivity contribution >= 4 is 38.5 Å². The number of fused-ring (bicyclic) bond motifs is 1. The molecule has 0 fully saturated rings. The molecule has 0 atom stereocenters. The molecular weight excluding hydrogens is 370 g/mol. The maximum atomic E-state index is 12.6. The summed E-state index contributed by atoms with van der Waals surface area (Å²) < 4.78 is 41.8. The van der Waals surface area contributed by atoms with Crippen LogP contribution >= 0.6 is 11.7 Å². The highest BCUT2D eigenvalue weighted by Crippen LogP contribution is 2.26. The Morgan fingerprint density at radius 3 is 2.31 bits per heavy atom. The number of rotatable bonds is 5. The molecule has 0 unspecified atom stereocenters. The smallest absolute Gasteiger partial charge is 0.261 e. The summed E-state index contributed by atoms with van der Waals surface area (Å²) in [4.78, 5) is 0.137. The molecule has 130 valence electrons. The molecule has 0 aliphatic rings. The van der Waals surface area contributed by atoms with Crippen LogP contribution in [0.3, 0.4) is 0 Å². The first-order valence-corrected chi connectivity index (χ1v) is 9.90. The first-order chi connectivity index (χ1) is 12.6. The third-order valence-electron chi connectivity index (χ3n) is 3.64. The van der Waals surface area contributed by atoms with Gasteiger partial charge in [0.1, 0.15) is 22.5 Å². The van der Waals surface area contributed by atoms with E-state index in [0.29, 0.717) is 28.2 Å². The van der Waals surface area contributed by atoms with E-state index in [2.05, 4.69) is 13.5 Å². The predicted molar refractivity (Wildman–Crippen MR) is 101 cm³/mol. The molecule has 1 aromatic heterocycles. The van der Waals surface area contributed by atoms with Crippen molar-refractivity contribution in [1.29, 1.82) is 0 Å². The average Bonchev–Trinajstić information content (AvgIpc) is 3.13. The highest BCUT2D eigenvalue weighted by atomic mass is 32.2. The molecule has 0 aliphatic carbocycles. The van der Waals surface area contributed by atoms with Gasteiger partial charge in [-0.2, -0.15) is 8.75 Å². The van der Waals surface area contributed by atoms with E-state index in [9.17, 15) is 8.42 Å². The minimum atomic E-state index is -3.74. The Balaban J connectivity index is 1.57. The highest BCUT2D eigenvalue weighted by Gasteiger charge is 2.17. The van der Waals surface area contributed by atoms with Gasteiger partial charge >= 0.3 is 0 Å². The van der Waals surface area contributed by atoms with Gasteiger partial charge in [0.25, 0.3) is 10.0 Å². The fraction of sp³-hybridized carbons (Fsp3) is 0. The van der Waals surface area contributed by atoms with Crippen LogP contribution in [-0.2, 0) is 10.0 Å². The van der Waals surface area contributed by atoms with E-state index in [0.717, 1.165) is 11.7 Å². The van der Waals surface area contributed by atoms with Gasteiger partial charge in [0.15, 0.2) is 0 Å². The van der Waals surface area contributed by atoms with Gasteiger partial charge in [0, 0.05) is 0 Å². The molecule has 0 bridgehead atoms. The zero-order valence-electron chi connectivity index (χ0n) is 13.4. The molecule has 1 N–H and O–H groups in total. The van der Waals surface area contributed by atoms with Crippen LogP contribution in [0.1, 0.15) is 0 Å². The van der Waals surface area contributed by atoms with Crippen molar-refractivity contribution < 1.29 is 13.2 Å². The molecule has 4 rings (SSSR count). The van der Waals surface area contributed by atoms with E-state index in [1.54, 1.807) is 30.3 Å². The first-order valence-electron chi connectivity index (χ1n) is 7.69. The van der Waals surface area contributed by atoms with Gasteiger partial charge < -0.3 is 4.74 Å². The molecule has 8 heteroatoms. The maximum Gasteiger partial charge on any atom is 0.261 e. The van der Waals surface area contributed by atoms with Gasteiger partial charge in [-0.3, -0.25) is 4.72 Å². The fourth-order valence-electron chi connectivity index (χ4n) is 2.40. The summed E-state index contributed by atoms with van der Waals surface area (Å²) in [6, 6.07) is 20.7. The van der Waals surface area contributed by atoms with Crippen molar-refractivity contribution in [3.05, 3.63) is 72.8 Å². The van der Waals surface area contributed by atoms with E-state index in [-0.39, 0.29) is 4.90 Å². The molecule has 0 saturated carbocycles. The molecule has 0 radical (unpaired) electrons. The summed E-state index contributed by atoms with van der Waals surface area (Å²) in [6.07, 6.45) is 0. The van der Waals surface area contributed by atoms with E-state index in [1.165, 1.54) is 12.1 Å². The number of hydrogen-bond acceptors (Lipinski definition) is 6.